The first kappa shape index (κ1) is 16.2. The van der Waals surface area contributed by atoms with Crippen LogP contribution >= 0.6 is 0 Å². The van der Waals surface area contributed by atoms with Crippen molar-refractivity contribution in [2.24, 2.45) is 0 Å². The zero-order valence-electron chi connectivity index (χ0n) is 10.8. The molecule has 0 heterocycles. The summed E-state index contributed by atoms with van der Waals surface area (Å²) in [5.74, 6) is -2.91. The lowest BCUT2D eigenvalue weighted by atomic mass is 9.92. The SMILES string of the molecule is COC(=O)[C@@](O)(CC(=O)c1cccc(C)c1)C(F)(F)F. The summed E-state index contributed by atoms with van der Waals surface area (Å²) in [6.07, 6.45) is -6.73. The van der Waals surface area contributed by atoms with Crippen LogP contribution in [0.3, 0.4) is 0 Å². The summed E-state index contributed by atoms with van der Waals surface area (Å²) in [6.45, 7) is 1.66. The van der Waals surface area contributed by atoms with Crippen LogP contribution in [0.2, 0.25) is 0 Å². The molecule has 0 saturated heterocycles. The van der Waals surface area contributed by atoms with Gasteiger partial charge in [-0.2, -0.15) is 13.2 Å². The van der Waals surface area contributed by atoms with Gasteiger partial charge in [0.15, 0.2) is 5.78 Å². The molecule has 0 aliphatic rings. The van der Waals surface area contributed by atoms with Crippen molar-refractivity contribution >= 4 is 11.8 Å². The molecule has 0 aliphatic carbocycles. The van der Waals surface area contributed by atoms with Gasteiger partial charge in [0, 0.05) is 5.56 Å². The molecule has 110 valence electrons. The molecule has 0 radical (unpaired) electrons. The molecule has 0 aliphatic heterocycles. The standard InChI is InChI=1S/C13H13F3O4/c1-8-4-3-5-9(6-8)10(17)7-12(19,11(18)20-2)13(14,15)16/h3-6,19H,7H2,1-2H3/t12-/m0/s1. The monoisotopic (exact) mass is 290 g/mol. The Morgan fingerprint density at radius 1 is 1.30 bits per heavy atom. The van der Waals surface area contributed by atoms with E-state index in [4.69, 9.17) is 0 Å². The van der Waals surface area contributed by atoms with E-state index in [0.29, 0.717) is 12.7 Å². The Morgan fingerprint density at radius 3 is 2.35 bits per heavy atom. The van der Waals surface area contributed by atoms with Crippen molar-refractivity contribution in [1.82, 2.24) is 0 Å². The highest BCUT2D eigenvalue weighted by atomic mass is 19.4. The molecular weight excluding hydrogens is 277 g/mol. The summed E-state index contributed by atoms with van der Waals surface area (Å²) >= 11 is 0. The van der Waals surface area contributed by atoms with Crippen LogP contribution in [0.25, 0.3) is 0 Å². The van der Waals surface area contributed by atoms with Gasteiger partial charge >= 0.3 is 12.1 Å². The average Bonchev–Trinajstić information content (AvgIpc) is 2.36. The van der Waals surface area contributed by atoms with Gasteiger partial charge < -0.3 is 9.84 Å². The van der Waals surface area contributed by atoms with Crippen molar-refractivity contribution in [1.29, 1.82) is 0 Å². The van der Waals surface area contributed by atoms with Crippen molar-refractivity contribution in [3.8, 4) is 0 Å². The molecule has 0 spiro atoms. The topological polar surface area (TPSA) is 63.6 Å². The molecular formula is C13H13F3O4. The number of carbonyl (C=O) groups is 2. The third-order valence-corrected chi connectivity index (χ3v) is 2.75. The maximum Gasteiger partial charge on any atom is 0.428 e. The molecule has 1 N–H and O–H groups in total. The van der Waals surface area contributed by atoms with Crippen molar-refractivity contribution < 1.29 is 32.6 Å². The van der Waals surface area contributed by atoms with Gasteiger partial charge in [-0.05, 0) is 13.0 Å². The number of aryl methyl sites for hydroxylation is 1. The second kappa shape index (κ2) is 5.62. The number of ketones is 1. The van der Waals surface area contributed by atoms with Crippen LogP contribution in [-0.2, 0) is 9.53 Å². The zero-order valence-corrected chi connectivity index (χ0v) is 10.8. The first-order valence-electron chi connectivity index (χ1n) is 5.59. The minimum Gasteiger partial charge on any atom is -0.467 e. The third kappa shape index (κ3) is 3.16. The quantitative estimate of drug-likeness (QED) is 0.681. The fourth-order valence-electron chi connectivity index (χ4n) is 1.61. The van der Waals surface area contributed by atoms with Gasteiger partial charge in [0.05, 0.1) is 13.5 Å². The molecule has 20 heavy (non-hydrogen) atoms. The Labute approximate surface area is 113 Å². The Kier molecular flexibility index (Phi) is 4.54. The lowest BCUT2D eigenvalue weighted by molar-refractivity contribution is -0.260. The van der Waals surface area contributed by atoms with Crippen LogP contribution in [0.5, 0.6) is 0 Å². The van der Waals surface area contributed by atoms with Gasteiger partial charge in [-0.3, -0.25) is 4.79 Å². The minimum absolute atomic E-state index is 0.0171. The second-order valence-corrected chi connectivity index (χ2v) is 4.32. The highest BCUT2D eigenvalue weighted by Gasteiger charge is 2.61. The summed E-state index contributed by atoms with van der Waals surface area (Å²) < 4.78 is 42.3. The highest BCUT2D eigenvalue weighted by molar-refractivity contribution is 6.00. The summed E-state index contributed by atoms with van der Waals surface area (Å²) in [7, 11) is 0.705. The molecule has 0 unspecified atom stereocenters. The van der Waals surface area contributed by atoms with Gasteiger partial charge in [0.25, 0.3) is 5.60 Å². The number of benzene rings is 1. The average molecular weight is 290 g/mol. The van der Waals surface area contributed by atoms with Crippen LogP contribution in [-0.4, -0.2) is 35.7 Å². The molecule has 1 atom stereocenters. The lowest BCUT2D eigenvalue weighted by Crippen LogP contribution is -2.54. The maximum atomic E-state index is 12.8. The van der Waals surface area contributed by atoms with Crippen LogP contribution in [0.1, 0.15) is 22.3 Å². The van der Waals surface area contributed by atoms with E-state index >= 15 is 0 Å². The van der Waals surface area contributed by atoms with Crippen LogP contribution in [0, 0.1) is 6.92 Å². The largest absolute Gasteiger partial charge is 0.467 e. The number of hydrogen-bond acceptors (Lipinski definition) is 4. The molecule has 0 bridgehead atoms. The van der Waals surface area contributed by atoms with Crippen LogP contribution in [0.4, 0.5) is 13.2 Å². The summed E-state index contributed by atoms with van der Waals surface area (Å²) in [4.78, 5) is 23.0. The second-order valence-electron chi connectivity index (χ2n) is 4.32. The minimum atomic E-state index is -5.31. The first-order chi connectivity index (χ1) is 9.11. The molecule has 0 amide bonds. The van der Waals surface area contributed by atoms with Gasteiger partial charge in [-0.15, -0.1) is 0 Å². The molecule has 0 aromatic heterocycles. The predicted molar refractivity (Wildman–Crippen MR) is 63.1 cm³/mol. The summed E-state index contributed by atoms with van der Waals surface area (Å²) in [6, 6.07) is 5.83. The molecule has 0 fully saturated rings. The van der Waals surface area contributed by atoms with Gasteiger partial charge in [-0.1, -0.05) is 23.8 Å². The molecule has 4 nitrogen and oxygen atoms in total. The number of methoxy groups -OCH3 is 1. The normalized spacial score (nSPS) is 14.5. The molecule has 0 saturated carbocycles. The summed E-state index contributed by atoms with van der Waals surface area (Å²) in [5, 5.41) is 9.50. The van der Waals surface area contributed by atoms with Crippen LogP contribution in [0.15, 0.2) is 24.3 Å². The number of ether oxygens (including phenoxy) is 1. The smallest absolute Gasteiger partial charge is 0.428 e. The fraction of sp³-hybridized carbons (Fsp3) is 0.385. The van der Waals surface area contributed by atoms with Crippen LogP contribution < -0.4 is 0 Å². The lowest BCUT2D eigenvalue weighted by Gasteiger charge is -2.26. The number of rotatable bonds is 4. The van der Waals surface area contributed by atoms with E-state index in [-0.39, 0.29) is 5.56 Å². The van der Waals surface area contributed by atoms with E-state index in [1.807, 2.05) is 0 Å². The zero-order chi connectivity index (χ0) is 15.6. The Bertz CT molecular complexity index is 525. The van der Waals surface area contributed by atoms with Crippen molar-refractivity contribution in [3.05, 3.63) is 35.4 Å². The maximum absolute atomic E-state index is 12.8. The van der Waals surface area contributed by atoms with Crippen molar-refractivity contribution in [2.45, 2.75) is 25.1 Å². The summed E-state index contributed by atoms with van der Waals surface area (Å²) in [5.41, 5.74) is -3.19. The van der Waals surface area contributed by atoms with Gasteiger partial charge in [0.1, 0.15) is 0 Å². The van der Waals surface area contributed by atoms with E-state index in [2.05, 4.69) is 4.74 Å². The Balaban J connectivity index is 3.09. The van der Waals surface area contributed by atoms with Gasteiger partial charge in [0.2, 0.25) is 0 Å². The first-order valence-corrected chi connectivity index (χ1v) is 5.59. The van der Waals surface area contributed by atoms with Gasteiger partial charge in [-0.25, -0.2) is 4.79 Å². The van der Waals surface area contributed by atoms with E-state index in [9.17, 15) is 27.9 Å². The molecule has 1 aromatic carbocycles. The Hall–Kier alpha value is -1.89. The van der Waals surface area contributed by atoms with E-state index in [1.165, 1.54) is 18.2 Å². The number of Topliss-reactive ketones (excluding diaryl/α,β-unsaturated/α-hetero) is 1. The highest BCUT2D eigenvalue weighted by Crippen LogP contribution is 2.35. The number of alkyl halides is 3. The number of halogens is 3. The van der Waals surface area contributed by atoms with E-state index < -0.39 is 30.0 Å². The van der Waals surface area contributed by atoms with E-state index in [1.54, 1.807) is 13.0 Å². The van der Waals surface area contributed by atoms with Crippen molar-refractivity contribution in [2.75, 3.05) is 7.11 Å². The number of esters is 1. The number of carbonyl (C=O) groups excluding carboxylic acids is 2. The Morgan fingerprint density at radius 2 is 1.90 bits per heavy atom. The predicted octanol–water partition coefficient (Wildman–Crippen LogP) is 2.03. The molecule has 1 aromatic rings. The number of hydrogen-bond donors (Lipinski definition) is 1. The molecule has 7 heteroatoms. The van der Waals surface area contributed by atoms with E-state index in [0.717, 1.165) is 0 Å². The number of aliphatic hydroxyl groups is 1. The molecule has 1 rings (SSSR count). The third-order valence-electron chi connectivity index (χ3n) is 2.75. The van der Waals surface area contributed by atoms with Crippen molar-refractivity contribution in [3.63, 3.8) is 0 Å². The fourth-order valence-corrected chi connectivity index (χ4v) is 1.61.